The minimum absolute atomic E-state index is 0.0347. The van der Waals surface area contributed by atoms with Crippen LogP contribution in [0.3, 0.4) is 0 Å². The molecule has 2 aromatic rings. The molecule has 1 unspecified atom stereocenters. The summed E-state index contributed by atoms with van der Waals surface area (Å²) >= 11 is 3.26. The van der Waals surface area contributed by atoms with E-state index in [0.29, 0.717) is 5.92 Å². The van der Waals surface area contributed by atoms with E-state index in [-0.39, 0.29) is 11.9 Å². The number of hydrogen-bond acceptors (Lipinski definition) is 5. The van der Waals surface area contributed by atoms with Gasteiger partial charge in [-0.05, 0) is 39.5 Å². The molecular formula is C17H23N3OS2. The Kier molecular flexibility index (Phi) is 4.82. The molecule has 1 aliphatic rings. The summed E-state index contributed by atoms with van der Waals surface area (Å²) in [7, 11) is 0. The van der Waals surface area contributed by atoms with E-state index in [1.807, 2.05) is 13.8 Å². The lowest BCUT2D eigenvalue weighted by atomic mass is 10.0. The van der Waals surface area contributed by atoms with E-state index in [2.05, 4.69) is 24.1 Å². The van der Waals surface area contributed by atoms with Gasteiger partial charge in [-0.1, -0.05) is 13.8 Å². The molecule has 0 spiro atoms. The number of fused-ring (bicyclic) bond motifs is 1. The van der Waals surface area contributed by atoms with Crippen LogP contribution in [0.15, 0.2) is 0 Å². The summed E-state index contributed by atoms with van der Waals surface area (Å²) in [5, 5.41) is 5.14. The van der Waals surface area contributed by atoms with Crippen molar-refractivity contribution in [2.45, 2.75) is 65.3 Å². The Hall–Kier alpha value is -1.27. The van der Waals surface area contributed by atoms with Crippen molar-refractivity contribution in [1.29, 1.82) is 0 Å². The average molecular weight is 350 g/mol. The molecule has 2 heterocycles. The maximum atomic E-state index is 12.6. The molecule has 0 saturated carbocycles. The lowest BCUT2D eigenvalue weighted by molar-refractivity contribution is 0.0943. The van der Waals surface area contributed by atoms with Gasteiger partial charge < -0.3 is 5.32 Å². The van der Waals surface area contributed by atoms with E-state index in [9.17, 15) is 4.79 Å². The minimum Gasteiger partial charge on any atom is -0.342 e. The Morgan fingerprint density at radius 3 is 2.48 bits per heavy atom. The van der Waals surface area contributed by atoms with Crippen LogP contribution in [0.4, 0.5) is 0 Å². The normalized spacial score (nSPS) is 15.5. The number of carbonyl (C=O) groups is 1. The van der Waals surface area contributed by atoms with Crippen molar-refractivity contribution in [3.8, 4) is 0 Å². The number of nitrogens with one attached hydrogen (secondary N) is 1. The summed E-state index contributed by atoms with van der Waals surface area (Å²) in [6.45, 7) is 8.12. The average Bonchev–Trinajstić information content (AvgIpc) is 3.10. The molecule has 1 amide bonds. The van der Waals surface area contributed by atoms with Gasteiger partial charge in [0.2, 0.25) is 0 Å². The number of carbonyl (C=O) groups excluding carboxylic acids is 1. The smallest absolute Gasteiger partial charge is 0.263 e. The predicted octanol–water partition coefficient (Wildman–Crippen LogP) is 4.40. The second kappa shape index (κ2) is 6.69. The fourth-order valence-electron chi connectivity index (χ4n) is 2.76. The largest absolute Gasteiger partial charge is 0.342 e. The third-order valence-corrected chi connectivity index (χ3v) is 6.89. The number of rotatable bonds is 4. The van der Waals surface area contributed by atoms with Gasteiger partial charge in [-0.15, -0.1) is 22.7 Å². The van der Waals surface area contributed by atoms with E-state index in [1.165, 1.54) is 34.7 Å². The molecule has 1 atom stereocenters. The molecule has 2 aromatic heterocycles. The number of aryl methyl sites for hydroxylation is 3. The predicted molar refractivity (Wildman–Crippen MR) is 95.6 cm³/mol. The zero-order chi connectivity index (χ0) is 16.6. The molecule has 0 aromatic carbocycles. The van der Waals surface area contributed by atoms with Crippen LogP contribution in [0.25, 0.3) is 0 Å². The standard InChI is InChI=1S/C17H23N3OS2/c1-9(2)16-19-10(3)14(23-16)15(21)18-11(4)17-20-12-7-5-6-8-13(12)22-17/h9,11H,5-8H2,1-4H3,(H,18,21). The van der Waals surface area contributed by atoms with E-state index >= 15 is 0 Å². The third-order valence-electron chi connectivity index (χ3n) is 4.09. The Morgan fingerprint density at radius 1 is 1.09 bits per heavy atom. The van der Waals surface area contributed by atoms with E-state index in [0.717, 1.165) is 33.4 Å². The van der Waals surface area contributed by atoms with Gasteiger partial charge in [0.15, 0.2) is 0 Å². The van der Waals surface area contributed by atoms with Crippen LogP contribution in [0.5, 0.6) is 0 Å². The zero-order valence-electron chi connectivity index (χ0n) is 14.1. The Bertz CT molecular complexity index is 694. The Balaban J connectivity index is 1.73. The second-order valence-corrected chi connectivity index (χ2v) is 8.59. The SMILES string of the molecule is Cc1nc(C(C)C)sc1C(=O)NC(C)c1nc2c(s1)CCCC2. The molecule has 124 valence electrons. The molecule has 0 saturated heterocycles. The van der Waals surface area contributed by atoms with Gasteiger partial charge in [0.05, 0.1) is 22.4 Å². The van der Waals surface area contributed by atoms with E-state index in [4.69, 9.17) is 4.98 Å². The molecule has 6 heteroatoms. The lowest BCUT2D eigenvalue weighted by Crippen LogP contribution is -2.26. The van der Waals surface area contributed by atoms with Crippen LogP contribution in [0, 0.1) is 6.92 Å². The summed E-state index contributed by atoms with van der Waals surface area (Å²) in [6.07, 6.45) is 4.71. The van der Waals surface area contributed by atoms with Crippen LogP contribution in [0.2, 0.25) is 0 Å². The van der Waals surface area contributed by atoms with Crippen LogP contribution in [0.1, 0.15) is 81.5 Å². The maximum absolute atomic E-state index is 12.6. The minimum atomic E-state index is -0.0536. The van der Waals surface area contributed by atoms with Crippen LogP contribution >= 0.6 is 22.7 Å². The monoisotopic (exact) mass is 349 g/mol. The van der Waals surface area contributed by atoms with Crippen molar-refractivity contribution in [1.82, 2.24) is 15.3 Å². The highest BCUT2D eigenvalue weighted by atomic mass is 32.1. The quantitative estimate of drug-likeness (QED) is 0.890. The lowest BCUT2D eigenvalue weighted by Gasteiger charge is -2.10. The van der Waals surface area contributed by atoms with Crippen molar-refractivity contribution >= 4 is 28.6 Å². The Labute approximate surface area is 145 Å². The number of aromatic nitrogens is 2. The van der Waals surface area contributed by atoms with Gasteiger partial charge in [-0.3, -0.25) is 4.79 Å². The van der Waals surface area contributed by atoms with E-state index < -0.39 is 0 Å². The first-order valence-electron chi connectivity index (χ1n) is 8.22. The number of nitrogens with zero attached hydrogens (tertiary/aromatic N) is 2. The first-order chi connectivity index (χ1) is 11.0. The Morgan fingerprint density at radius 2 is 1.83 bits per heavy atom. The molecule has 0 bridgehead atoms. The van der Waals surface area contributed by atoms with Crippen LogP contribution in [-0.2, 0) is 12.8 Å². The van der Waals surface area contributed by atoms with Gasteiger partial charge in [-0.2, -0.15) is 0 Å². The molecule has 1 N–H and O–H groups in total. The van der Waals surface area contributed by atoms with Crippen molar-refractivity contribution in [2.75, 3.05) is 0 Å². The van der Waals surface area contributed by atoms with Crippen molar-refractivity contribution in [3.05, 3.63) is 31.2 Å². The third kappa shape index (κ3) is 3.48. The fourth-order valence-corrected chi connectivity index (χ4v) is 4.88. The maximum Gasteiger partial charge on any atom is 0.263 e. The molecule has 1 aliphatic carbocycles. The second-order valence-electron chi connectivity index (χ2n) is 6.45. The highest BCUT2D eigenvalue weighted by molar-refractivity contribution is 7.14. The topological polar surface area (TPSA) is 54.9 Å². The van der Waals surface area contributed by atoms with Gasteiger partial charge in [-0.25, -0.2) is 9.97 Å². The summed E-state index contributed by atoms with van der Waals surface area (Å²) in [5.74, 6) is 0.316. The van der Waals surface area contributed by atoms with Gasteiger partial charge in [0, 0.05) is 10.8 Å². The summed E-state index contributed by atoms with van der Waals surface area (Å²) in [4.78, 5) is 23.9. The van der Waals surface area contributed by atoms with Crippen molar-refractivity contribution < 1.29 is 4.79 Å². The zero-order valence-corrected chi connectivity index (χ0v) is 15.7. The highest BCUT2D eigenvalue weighted by Gasteiger charge is 2.22. The fraction of sp³-hybridized carbons (Fsp3) is 0.588. The van der Waals surface area contributed by atoms with Gasteiger partial charge in [0.25, 0.3) is 5.91 Å². The van der Waals surface area contributed by atoms with Gasteiger partial charge >= 0.3 is 0 Å². The highest BCUT2D eigenvalue weighted by Crippen LogP contribution is 2.30. The number of amides is 1. The number of thiazole rings is 2. The summed E-state index contributed by atoms with van der Waals surface area (Å²) in [6, 6.07) is -0.0536. The molecule has 3 rings (SSSR count). The van der Waals surface area contributed by atoms with Crippen molar-refractivity contribution in [2.24, 2.45) is 0 Å². The molecule has 0 radical (unpaired) electrons. The summed E-state index contributed by atoms with van der Waals surface area (Å²) in [5.41, 5.74) is 2.07. The molecule has 0 fully saturated rings. The van der Waals surface area contributed by atoms with E-state index in [1.54, 1.807) is 11.3 Å². The van der Waals surface area contributed by atoms with Crippen LogP contribution < -0.4 is 5.32 Å². The van der Waals surface area contributed by atoms with Crippen LogP contribution in [-0.4, -0.2) is 15.9 Å². The molecule has 23 heavy (non-hydrogen) atoms. The molecule has 4 nitrogen and oxygen atoms in total. The molecule has 0 aliphatic heterocycles. The van der Waals surface area contributed by atoms with Crippen molar-refractivity contribution in [3.63, 3.8) is 0 Å². The first-order valence-corrected chi connectivity index (χ1v) is 9.85. The van der Waals surface area contributed by atoms with Gasteiger partial charge in [0.1, 0.15) is 9.88 Å². The first kappa shape index (κ1) is 16.6. The number of hydrogen-bond donors (Lipinski definition) is 1. The summed E-state index contributed by atoms with van der Waals surface area (Å²) < 4.78 is 0. The molecular weight excluding hydrogens is 326 g/mol.